The molecule has 0 unspecified atom stereocenters. The minimum absolute atomic E-state index is 0.0363. The molecular weight excluding hydrogens is 345 g/mol. The lowest BCUT2D eigenvalue weighted by molar-refractivity contribution is -0.117. The van der Waals surface area contributed by atoms with E-state index >= 15 is 0 Å². The molecule has 1 amide bonds. The zero-order chi connectivity index (χ0) is 19.1. The molecule has 1 fully saturated rings. The molecule has 2 aromatic rings. The van der Waals surface area contributed by atoms with E-state index in [-0.39, 0.29) is 11.7 Å². The Morgan fingerprint density at radius 3 is 2.67 bits per heavy atom. The highest BCUT2D eigenvalue weighted by Crippen LogP contribution is 2.17. The number of nitrogens with one attached hydrogen (secondary N) is 1. The summed E-state index contributed by atoms with van der Waals surface area (Å²) in [6.45, 7) is 4.34. The molecule has 3 rings (SSSR count). The molecule has 6 heteroatoms. The third-order valence-electron chi connectivity index (χ3n) is 4.75. The highest BCUT2D eigenvalue weighted by Gasteiger charge is 2.18. The van der Waals surface area contributed by atoms with E-state index in [1.807, 2.05) is 30.3 Å². The fraction of sp³-hybridized carbons (Fsp3) is 0.381. The van der Waals surface area contributed by atoms with Crippen molar-refractivity contribution in [1.29, 1.82) is 0 Å². The molecule has 0 saturated carbocycles. The number of anilines is 1. The molecule has 1 N–H and O–H groups in total. The zero-order valence-corrected chi connectivity index (χ0v) is 15.7. The summed E-state index contributed by atoms with van der Waals surface area (Å²) < 4.78 is 19.0. The van der Waals surface area contributed by atoms with Crippen LogP contribution in [0.25, 0.3) is 0 Å². The molecule has 0 bridgehead atoms. The number of ether oxygens (including phenoxy) is 1. The van der Waals surface area contributed by atoms with Gasteiger partial charge in [0.1, 0.15) is 11.6 Å². The highest BCUT2D eigenvalue weighted by atomic mass is 19.1. The molecule has 0 aromatic heterocycles. The molecule has 144 valence electrons. The number of halogens is 1. The smallest absolute Gasteiger partial charge is 0.238 e. The Hall–Kier alpha value is -2.44. The number of rotatable bonds is 6. The van der Waals surface area contributed by atoms with Gasteiger partial charge in [0.15, 0.2) is 0 Å². The van der Waals surface area contributed by atoms with Crippen molar-refractivity contribution in [3.8, 4) is 5.75 Å². The summed E-state index contributed by atoms with van der Waals surface area (Å²) in [6, 6.07) is 14.3. The standard InChI is InChI=1S/C21H26FN3O2/c1-27-19-8-4-7-18(14-19)23-21(26)16-25-11-5-10-24(12-13-25)15-17-6-2-3-9-20(17)22/h2-4,6-9,14H,5,10-13,15-16H2,1H3,(H,23,26). The van der Waals surface area contributed by atoms with Crippen molar-refractivity contribution >= 4 is 11.6 Å². The molecule has 1 aliphatic rings. The predicted octanol–water partition coefficient (Wildman–Crippen LogP) is 2.98. The van der Waals surface area contributed by atoms with E-state index in [0.29, 0.717) is 18.8 Å². The topological polar surface area (TPSA) is 44.8 Å². The number of methoxy groups -OCH3 is 1. The number of nitrogens with zero attached hydrogens (tertiary/aromatic N) is 2. The zero-order valence-electron chi connectivity index (χ0n) is 15.7. The van der Waals surface area contributed by atoms with Crippen LogP contribution in [0.15, 0.2) is 48.5 Å². The number of hydrogen-bond acceptors (Lipinski definition) is 4. The van der Waals surface area contributed by atoms with Crippen LogP contribution in [0.3, 0.4) is 0 Å². The van der Waals surface area contributed by atoms with Crippen molar-refractivity contribution in [3.05, 3.63) is 59.9 Å². The molecule has 1 saturated heterocycles. The van der Waals surface area contributed by atoms with E-state index in [1.54, 1.807) is 19.2 Å². The van der Waals surface area contributed by atoms with Crippen molar-refractivity contribution < 1.29 is 13.9 Å². The van der Waals surface area contributed by atoms with Crippen LogP contribution >= 0.6 is 0 Å². The summed E-state index contributed by atoms with van der Waals surface area (Å²) in [5.74, 6) is 0.522. The third-order valence-corrected chi connectivity index (χ3v) is 4.75. The summed E-state index contributed by atoms with van der Waals surface area (Å²) in [6.07, 6.45) is 0.959. The van der Waals surface area contributed by atoms with Crippen LogP contribution < -0.4 is 10.1 Å². The van der Waals surface area contributed by atoms with Gasteiger partial charge in [-0.15, -0.1) is 0 Å². The van der Waals surface area contributed by atoms with Gasteiger partial charge in [0.2, 0.25) is 5.91 Å². The third kappa shape index (κ3) is 5.77. The van der Waals surface area contributed by atoms with E-state index in [0.717, 1.165) is 43.9 Å². The monoisotopic (exact) mass is 371 g/mol. The largest absolute Gasteiger partial charge is 0.497 e. The van der Waals surface area contributed by atoms with Gasteiger partial charge in [0.25, 0.3) is 0 Å². The van der Waals surface area contributed by atoms with Crippen molar-refractivity contribution in [2.45, 2.75) is 13.0 Å². The lowest BCUT2D eigenvalue weighted by Gasteiger charge is -2.21. The van der Waals surface area contributed by atoms with Gasteiger partial charge in [-0.05, 0) is 37.7 Å². The van der Waals surface area contributed by atoms with Crippen LogP contribution in [0.2, 0.25) is 0 Å². The van der Waals surface area contributed by atoms with E-state index < -0.39 is 0 Å². The molecular formula is C21H26FN3O2. The van der Waals surface area contributed by atoms with Gasteiger partial charge < -0.3 is 10.1 Å². The molecule has 27 heavy (non-hydrogen) atoms. The average molecular weight is 371 g/mol. The number of carbonyl (C=O) groups is 1. The van der Waals surface area contributed by atoms with Crippen LogP contribution in [0, 0.1) is 5.82 Å². The maximum Gasteiger partial charge on any atom is 0.238 e. The molecule has 0 radical (unpaired) electrons. The Bertz CT molecular complexity index is 769. The highest BCUT2D eigenvalue weighted by molar-refractivity contribution is 5.92. The first-order valence-electron chi connectivity index (χ1n) is 9.26. The van der Waals surface area contributed by atoms with E-state index in [1.165, 1.54) is 6.07 Å². The van der Waals surface area contributed by atoms with Crippen molar-refractivity contribution in [2.75, 3.05) is 45.2 Å². The predicted molar refractivity (Wildman–Crippen MR) is 104 cm³/mol. The van der Waals surface area contributed by atoms with Crippen molar-refractivity contribution in [3.63, 3.8) is 0 Å². The Morgan fingerprint density at radius 1 is 1.07 bits per heavy atom. The van der Waals surface area contributed by atoms with E-state index in [2.05, 4.69) is 15.1 Å². The van der Waals surface area contributed by atoms with Gasteiger partial charge in [-0.25, -0.2) is 4.39 Å². The Kier molecular flexibility index (Phi) is 6.79. The van der Waals surface area contributed by atoms with E-state index in [4.69, 9.17) is 4.74 Å². The fourth-order valence-electron chi connectivity index (χ4n) is 3.31. The summed E-state index contributed by atoms with van der Waals surface area (Å²) in [5.41, 5.74) is 1.46. The average Bonchev–Trinajstić information content (AvgIpc) is 2.89. The Morgan fingerprint density at radius 2 is 1.85 bits per heavy atom. The molecule has 1 aliphatic heterocycles. The number of carbonyl (C=O) groups excluding carboxylic acids is 1. The van der Waals surface area contributed by atoms with Crippen LogP contribution in [0.1, 0.15) is 12.0 Å². The Balaban J connectivity index is 1.49. The number of amides is 1. The quantitative estimate of drug-likeness (QED) is 0.848. The molecule has 2 aromatic carbocycles. The normalized spacial score (nSPS) is 15.9. The molecule has 0 aliphatic carbocycles. The molecule has 0 spiro atoms. The molecule has 1 heterocycles. The summed E-state index contributed by atoms with van der Waals surface area (Å²) >= 11 is 0. The van der Waals surface area contributed by atoms with Crippen LogP contribution in [0.5, 0.6) is 5.75 Å². The van der Waals surface area contributed by atoms with Crippen LogP contribution in [-0.4, -0.2) is 55.5 Å². The lowest BCUT2D eigenvalue weighted by atomic mass is 10.2. The first-order chi connectivity index (χ1) is 13.1. The maximum atomic E-state index is 13.9. The first-order valence-corrected chi connectivity index (χ1v) is 9.26. The molecule has 5 nitrogen and oxygen atoms in total. The minimum Gasteiger partial charge on any atom is -0.497 e. The summed E-state index contributed by atoms with van der Waals surface area (Å²) in [5, 5.41) is 2.92. The summed E-state index contributed by atoms with van der Waals surface area (Å²) in [7, 11) is 1.60. The fourth-order valence-corrected chi connectivity index (χ4v) is 3.31. The van der Waals surface area contributed by atoms with Crippen molar-refractivity contribution in [2.24, 2.45) is 0 Å². The van der Waals surface area contributed by atoms with Gasteiger partial charge in [-0.2, -0.15) is 0 Å². The van der Waals surface area contributed by atoms with Gasteiger partial charge in [-0.3, -0.25) is 14.6 Å². The lowest BCUT2D eigenvalue weighted by Crippen LogP contribution is -2.36. The summed E-state index contributed by atoms with van der Waals surface area (Å²) in [4.78, 5) is 16.8. The van der Waals surface area contributed by atoms with Gasteiger partial charge in [-0.1, -0.05) is 24.3 Å². The Labute approximate surface area is 159 Å². The number of hydrogen-bond donors (Lipinski definition) is 1. The number of benzene rings is 2. The second-order valence-electron chi connectivity index (χ2n) is 6.78. The van der Waals surface area contributed by atoms with E-state index in [9.17, 15) is 9.18 Å². The van der Waals surface area contributed by atoms with Gasteiger partial charge in [0.05, 0.1) is 13.7 Å². The van der Waals surface area contributed by atoms with Crippen LogP contribution in [0.4, 0.5) is 10.1 Å². The second kappa shape index (κ2) is 9.48. The van der Waals surface area contributed by atoms with Gasteiger partial charge in [0, 0.05) is 37.0 Å². The van der Waals surface area contributed by atoms with Crippen LogP contribution in [-0.2, 0) is 11.3 Å². The maximum absolute atomic E-state index is 13.9. The minimum atomic E-state index is -0.156. The molecule has 0 atom stereocenters. The second-order valence-corrected chi connectivity index (χ2v) is 6.78. The first kappa shape index (κ1) is 19.3. The van der Waals surface area contributed by atoms with Crippen molar-refractivity contribution in [1.82, 2.24) is 9.80 Å². The SMILES string of the molecule is COc1cccc(NC(=O)CN2CCCN(Cc3ccccc3F)CC2)c1. The van der Waals surface area contributed by atoms with Gasteiger partial charge >= 0.3 is 0 Å².